The number of aliphatic hydroxyl groups is 1. The predicted molar refractivity (Wildman–Crippen MR) is 78.3 cm³/mol. The number of rotatable bonds is 5. The topological polar surface area (TPSA) is 82.5 Å². The number of likely N-dealkylation sites (N-methyl/N-ethyl adjacent to an activating group) is 1. The van der Waals surface area contributed by atoms with E-state index in [1.54, 1.807) is 13.2 Å². The normalized spacial score (nSPS) is 25.0. The van der Waals surface area contributed by atoms with Crippen LogP contribution in [0.15, 0.2) is 18.3 Å². The van der Waals surface area contributed by atoms with Crippen molar-refractivity contribution in [3.8, 4) is 0 Å². The Labute approximate surface area is 119 Å². The molecule has 1 aromatic heterocycles. The van der Waals surface area contributed by atoms with E-state index in [0.717, 1.165) is 11.4 Å². The Kier molecular flexibility index (Phi) is 4.62. The van der Waals surface area contributed by atoms with Crippen molar-refractivity contribution >= 4 is 15.7 Å². The zero-order valence-electron chi connectivity index (χ0n) is 11.8. The van der Waals surface area contributed by atoms with E-state index in [-0.39, 0.29) is 17.5 Å². The molecule has 2 N–H and O–H groups in total. The summed E-state index contributed by atoms with van der Waals surface area (Å²) in [6.07, 6.45) is 0.898. The minimum absolute atomic E-state index is 0.0250. The lowest BCUT2D eigenvalue weighted by molar-refractivity contribution is 0.0819. The van der Waals surface area contributed by atoms with Gasteiger partial charge in [-0.05, 0) is 12.6 Å². The fourth-order valence-electron chi connectivity index (χ4n) is 2.63. The van der Waals surface area contributed by atoms with E-state index in [1.807, 2.05) is 24.0 Å². The summed E-state index contributed by atoms with van der Waals surface area (Å²) >= 11 is 0. The Morgan fingerprint density at radius 1 is 1.50 bits per heavy atom. The largest absolute Gasteiger partial charge is 0.390 e. The highest BCUT2D eigenvalue weighted by Gasteiger charge is 2.39. The fourth-order valence-corrected chi connectivity index (χ4v) is 4.46. The third kappa shape index (κ3) is 3.28. The second kappa shape index (κ2) is 6.07. The summed E-state index contributed by atoms with van der Waals surface area (Å²) in [6, 6.07) is 3.47. The standard InChI is InChI=1S/C13H21N3O3S/c1-3-16(11-8-20(18,19)9-12(11)17)7-10-5-4-6-15-13(10)14-2/h4-6,11-12,17H,3,7-9H2,1-2H3,(H,14,15)/t11-,12-/m0/s1. The SMILES string of the molecule is CCN(Cc1cccnc1NC)[C@H]1CS(=O)(=O)C[C@@H]1O. The molecule has 112 valence electrons. The maximum absolute atomic E-state index is 11.6. The van der Waals surface area contributed by atoms with Crippen molar-refractivity contribution in [2.24, 2.45) is 0 Å². The molecule has 1 saturated heterocycles. The third-order valence-electron chi connectivity index (χ3n) is 3.67. The van der Waals surface area contributed by atoms with E-state index in [2.05, 4.69) is 10.3 Å². The zero-order valence-corrected chi connectivity index (χ0v) is 12.6. The lowest BCUT2D eigenvalue weighted by Crippen LogP contribution is -2.42. The molecule has 1 aliphatic rings. The van der Waals surface area contributed by atoms with E-state index in [1.165, 1.54) is 0 Å². The van der Waals surface area contributed by atoms with Crippen molar-refractivity contribution in [2.45, 2.75) is 25.6 Å². The van der Waals surface area contributed by atoms with Gasteiger partial charge in [0.1, 0.15) is 5.82 Å². The van der Waals surface area contributed by atoms with Crippen LogP contribution in [0.25, 0.3) is 0 Å². The van der Waals surface area contributed by atoms with Gasteiger partial charge in [-0.25, -0.2) is 13.4 Å². The number of nitrogens with zero attached hydrogens (tertiary/aromatic N) is 2. The average molecular weight is 299 g/mol. The van der Waals surface area contributed by atoms with Gasteiger partial charge < -0.3 is 10.4 Å². The Morgan fingerprint density at radius 3 is 2.80 bits per heavy atom. The molecule has 2 rings (SSSR count). The van der Waals surface area contributed by atoms with Crippen molar-refractivity contribution in [3.63, 3.8) is 0 Å². The molecule has 7 heteroatoms. The molecule has 0 bridgehead atoms. The number of anilines is 1. The van der Waals surface area contributed by atoms with Gasteiger partial charge in [0, 0.05) is 25.4 Å². The molecule has 0 spiro atoms. The first-order chi connectivity index (χ1) is 9.46. The van der Waals surface area contributed by atoms with Gasteiger partial charge in [0.15, 0.2) is 9.84 Å². The van der Waals surface area contributed by atoms with Gasteiger partial charge in [-0.2, -0.15) is 0 Å². The van der Waals surface area contributed by atoms with Gasteiger partial charge in [-0.3, -0.25) is 4.90 Å². The van der Waals surface area contributed by atoms with Crippen molar-refractivity contribution in [1.82, 2.24) is 9.88 Å². The fraction of sp³-hybridized carbons (Fsp3) is 0.615. The number of hydrogen-bond donors (Lipinski definition) is 2. The van der Waals surface area contributed by atoms with Gasteiger partial charge in [-0.1, -0.05) is 13.0 Å². The second-order valence-electron chi connectivity index (χ2n) is 5.04. The Hall–Kier alpha value is -1.18. The van der Waals surface area contributed by atoms with Crippen LogP contribution >= 0.6 is 0 Å². The maximum Gasteiger partial charge on any atom is 0.154 e. The van der Waals surface area contributed by atoms with Crippen molar-refractivity contribution in [2.75, 3.05) is 30.4 Å². The van der Waals surface area contributed by atoms with Gasteiger partial charge in [0.25, 0.3) is 0 Å². The van der Waals surface area contributed by atoms with Crippen molar-refractivity contribution in [3.05, 3.63) is 23.9 Å². The minimum atomic E-state index is -3.13. The van der Waals surface area contributed by atoms with Crippen LogP contribution in [0.3, 0.4) is 0 Å². The Morgan fingerprint density at radius 2 is 2.25 bits per heavy atom. The zero-order chi connectivity index (χ0) is 14.8. The van der Waals surface area contributed by atoms with Crippen LogP contribution in [0.5, 0.6) is 0 Å². The van der Waals surface area contributed by atoms with E-state index in [4.69, 9.17) is 0 Å². The molecule has 0 aliphatic carbocycles. The van der Waals surface area contributed by atoms with Gasteiger partial charge in [0.2, 0.25) is 0 Å². The van der Waals surface area contributed by atoms with Gasteiger partial charge in [0.05, 0.1) is 23.7 Å². The molecule has 0 saturated carbocycles. The smallest absolute Gasteiger partial charge is 0.154 e. The first-order valence-electron chi connectivity index (χ1n) is 6.71. The molecule has 2 heterocycles. The molecule has 1 aliphatic heterocycles. The van der Waals surface area contributed by atoms with Crippen LogP contribution in [-0.2, 0) is 16.4 Å². The molecule has 0 radical (unpaired) electrons. The molecule has 1 fully saturated rings. The minimum Gasteiger partial charge on any atom is -0.390 e. The number of sulfone groups is 1. The lowest BCUT2D eigenvalue weighted by atomic mass is 10.1. The number of pyridine rings is 1. The summed E-state index contributed by atoms with van der Waals surface area (Å²) in [5, 5.41) is 13.0. The molecular formula is C13H21N3O3S. The highest BCUT2D eigenvalue weighted by Crippen LogP contribution is 2.22. The summed E-state index contributed by atoms with van der Waals surface area (Å²) in [6.45, 7) is 3.21. The molecule has 6 nitrogen and oxygen atoms in total. The molecular weight excluding hydrogens is 278 g/mol. The van der Waals surface area contributed by atoms with E-state index in [9.17, 15) is 13.5 Å². The van der Waals surface area contributed by atoms with Crippen LogP contribution in [0.1, 0.15) is 12.5 Å². The van der Waals surface area contributed by atoms with Crippen LogP contribution in [0.4, 0.5) is 5.82 Å². The quantitative estimate of drug-likeness (QED) is 0.802. The number of nitrogens with one attached hydrogen (secondary N) is 1. The van der Waals surface area contributed by atoms with Gasteiger partial charge >= 0.3 is 0 Å². The monoisotopic (exact) mass is 299 g/mol. The maximum atomic E-state index is 11.6. The molecule has 0 unspecified atom stereocenters. The molecule has 20 heavy (non-hydrogen) atoms. The third-order valence-corrected chi connectivity index (χ3v) is 5.37. The number of aliphatic hydroxyl groups excluding tert-OH is 1. The Balaban J connectivity index is 2.17. The van der Waals surface area contributed by atoms with Crippen LogP contribution < -0.4 is 5.32 Å². The van der Waals surface area contributed by atoms with E-state index < -0.39 is 15.9 Å². The summed E-state index contributed by atoms with van der Waals surface area (Å²) < 4.78 is 23.3. The first kappa shape index (κ1) is 15.2. The summed E-state index contributed by atoms with van der Waals surface area (Å²) in [4.78, 5) is 6.23. The van der Waals surface area contributed by atoms with Crippen LogP contribution in [0, 0.1) is 0 Å². The van der Waals surface area contributed by atoms with Crippen LogP contribution in [-0.4, -0.2) is 60.7 Å². The van der Waals surface area contributed by atoms with E-state index in [0.29, 0.717) is 13.1 Å². The number of aromatic nitrogens is 1. The highest BCUT2D eigenvalue weighted by molar-refractivity contribution is 7.91. The number of hydrogen-bond acceptors (Lipinski definition) is 6. The Bertz CT molecular complexity index is 562. The molecule has 0 aromatic carbocycles. The van der Waals surface area contributed by atoms with Crippen molar-refractivity contribution < 1.29 is 13.5 Å². The molecule has 0 amide bonds. The predicted octanol–water partition coefficient (Wildman–Crippen LogP) is 0.103. The van der Waals surface area contributed by atoms with Gasteiger partial charge in [-0.15, -0.1) is 0 Å². The molecule has 1 aromatic rings. The first-order valence-corrected chi connectivity index (χ1v) is 8.53. The van der Waals surface area contributed by atoms with E-state index >= 15 is 0 Å². The summed E-state index contributed by atoms with van der Waals surface area (Å²) in [5.41, 5.74) is 0.994. The summed E-state index contributed by atoms with van der Waals surface area (Å²) in [5.74, 6) is 0.665. The lowest BCUT2D eigenvalue weighted by Gasteiger charge is -2.29. The average Bonchev–Trinajstić information content (AvgIpc) is 2.69. The second-order valence-corrected chi connectivity index (χ2v) is 7.19. The molecule has 2 atom stereocenters. The summed E-state index contributed by atoms with van der Waals surface area (Å²) in [7, 11) is -1.33. The highest BCUT2D eigenvalue weighted by atomic mass is 32.2. The van der Waals surface area contributed by atoms with Crippen molar-refractivity contribution in [1.29, 1.82) is 0 Å². The van der Waals surface area contributed by atoms with Crippen LogP contribution in [0.2, 0.25) is 0 Å².